The Balaban J connectivity index is 2.83. The average Bonchev–Trinajstić information content (AvgIpc) is 2.19. The zero-order valence-corrected chi connectivity index (χ0v) is 13.3. The molecule has 0 saturated heterocycles. The summed E-state index contributed by atoms with van der Waals surface area (Å²) in [6, 6.07) is 0. The van der Waals surface area contributed by atoms with Gasteiger partial charge in [0.1, 0.15) is 0 Å². The van der Waals surface area contributed by atoms with Crippen LogP contribution >= 0.6 is 0 Å². The SMILES string of the molecule is COC(C)(C)[C@@H]1C=CC(C)=C(O[Si](C)(C)C)C1. The summed E-state index contributed by atoms with van der Waals surface area (Å²) >= 11 is 0. The highest BCUT2D eigenvalue weighted by Crippen LogP contribution is 2.34. The lowest BCUT2D eigenvalue weighted by atomic mass is 9.83. The predicted octanol–water partition coefficient (Wildman–Crippen LogP) is 4.11. The molecule has 0 N–H and O–H groups in total. The fourth-order valence-corrected chi connectivity index (χ4v) is 2.89. The van der Waals surface area contributed by atoms with Crippen molar-refractivity contribution in [3.63, 3.8) is 0 Å². The predicted molar refractivity (Wildman–Crippen MR) is 75.5 cm³/mol. The Morgan fingerprint density at radius 1 is 1.29 bits per heavy atom. The van der Waals surface area contributed by atoms with Gasteiger partial charge in [0.05, 0.1) is 11.4 Å². The molecule has 0 unspecified atom stereocenters. The van der Waals surface area contributed by atoms with Crippen LogP contribution < -0.4 is 0 Å². The molecule has 0 radical (unpaired) electrons. The van der Waals surface area contributed by atoms with Crippen molar-refractivity contribution in [1.29, 1.82) is 0 Å². The van der Waals surface area contributed by atoms with E-state index in [2.05, 4.69) is 52.6 Å². The highest BCUT2D eigenvalue weighted by molar-refractivity contribution is 6.70. The summed E-state index contributed by atoms with van der Waals surface area (Å²) in [5, 5.41) is 0. The molecule has 1 atom stereocenters. The molecule has 98 valence electrons. The van der Waals surface area contributed by atoms with E-state index in [1.807, 2.05) is 0 Å². The molecule has 2 nitrogen and oxygen atoms in total. The van der Waals surface area contributed by atoms with Gasteiger partial charge in [0.15, 0.2) is 0 Å². The number of hydrogen-bond acceptors (Lipinski definition) is 2. The van der Waals surface area contributed by atoms with Gasteiger partial charge in [-0.3, -0.25) is 0 Å². The topological polar surface area (TPSA) is 18.5 Å². The molecule has 1 rings (SSSR count). The number of rotatable bonds is 4. The van der Waals surface area contributed by atoms with E-state index < -0.39 is 8.32 Å². The molecule has 0 saturated carbocycles. The first kappa shape index (κ1) is 14.5. The van der Waals surface area contributed by atoms with Crippen LogP contribution in [0.25, 0.3) is 0 Å². The van der Waals surface area contributed by atoms with Crippen molar-refractivity contribution in [2.75, 3.05) is 7.11 Å². The summed E-state index contributed by atoms with van der Waals surface area (Å²) in [5.41, 5.74) is 1.13. The molecule has 1 aliphatic rings. The second-order valence-electron chi connectivity index (χ2n) is 6.30. The Morgan fingerprint density at radius 2 is 1.88 bits per heavy atom. The molecule has 0 aliphatic heterocycles. The van der Waals surface area contributed by atoms with Crippen molar-refractivity contribution in [1.82, 2.24) is 0 Å². The lowest BCUT2D eigenvalue weighted by Gasteiger charge is -2.35. The molecular formula is C14H26O2Si. The molecule has 0 spiro atoms. The first-order valence-corrected chi connectivity index (χ1v) is 9.68. The molecule has 0 aromatic rings. The number of hydrogen-bond donors (Lipinski definition) is 0. The van der Waals surface area contributed by atoms with Crippen LogP contribution in [0.3, 0.4) is 0 Å². The smallest absolute Gasteiger partial charge is 0.241 e. The third-order valence-corrected chi connectivity index (χ3v) is 4.13. The van der Waals surface area contributed by atoms with Crippen molar-refractivity contribution in [2.24, 2.45) is 5.92 Å². The van der Waals surface area contributed by atoms with Crippen molar-refractivity contribution < 1.29 is 9.16 Å². The molecule has 3 heteroatoms. The van der Waals surface area contributed by atoms with Gasteiger partial charge in [-0.1, -0.05) is 12.2 Å². The maximum atomic E-state index is 6.17. The Kier molecular flexibility index (Phi) is 4.26. The van der Waals surface area contributed by atoms with Crippen molar-refractivity contribution in [2.45, 2.75) is 52.4 Å². The van der Waals surface area contributed by atoms with Gasteiger partial charge in [-0.15, -0.1) is 0 Å². The van der Waals surface area contributed by atoms with E-state index in [9.17, 15) is 0 Å². The van der Waals surface area contributed by atoms with Crippen LogP contribution in [0.5, 0.6) is 0 Å². The van der Waals surface area contributed by atoms with Crippen LogP contribution in [0, 0.1) is 5.92 Å². The van der Waals surface area contributed by atoms with E-state index in [-0.39, 0.29) is 5.60 Å². The monoisotopic (exact) mass is 254 g/mol. The van der Waals surface area contributed by atoms with Gasteiger partial charge in [-0.25, -0.2) is 0 Å². The minimum atomic E-state index is -1.52. The van der Waals surface area contributed by atoms with E-state index in [1.165, 1.54) is 5.57 Å². The van der Waals surface area contributed by atoms with Gasteiger partial charge in [-0.2, -0.15) is 0 Å². The first-order chi connectivity index (χ1) is 7.65. The number of methoxy groups -OCH3 is 1. The Labute approximate surface area is 107 Å². The largest absolute Gasteiger partial charge is 0.547 e. The van der Waals surface area contributed by atoms with Gasteiger partial charge in [0.2, 0.25) is 8.32 Å². The standard InChI is InChI=1S/C14H26O2Si/c1-11-8-9-12(14(2,3)15-4)10-13(11)16-17(5,6)7/h8-9,12H,10H2,1-7H3/t12-/m1/s1. The van der Waals surface area contributed by atoms with Crippen LogP contribution in [0.4, 0.5) is 0 Å². The summed E-state index contributed by atoms with van der Waals surface area (Å²) in [4.78, 5) is 0. The van der Waals surface area contributed by atoms with E-state index in [0.29, 0.717) is 5.92 Å². The van der Waals surface area contributed by atoms with E-state index in [0.717, 1.165) is 12.2 Å². The second kappa shape index (κ2) is 4.98. The van der Waals surface area contributed by atoms with Gasteiger partial charge in [0, 0.05) is 19.4 Å². The minimum Gasteiger partial charge on any atom is -0.547 e. The summed E-state index contributed by atoms with van der Waals surface area (Å²) in [7, 11) is 0.258. The van der Waals surface area contributed by atoms with Gasteiger partial charge >= 0.3 is 0 Å². The lowest BCUT2D eigenvalue weighted by molar-refractivity contribution is -0.0149. The summed E-state index contributed by atoms with van der Waals surface area (Å²) in [6.07, 6.45) is 5.37. The molecule has 0 amide bonds. The normalized spacial score (nSPS) is 21.9. The maximum Gasteiger partial charge on any atom is 0.241 e. The molecule has 1 aliphatic carbocycles. The van der Waals surface area contributed by atoms with E-state index in [4.69, 9.17) is 9.16 Å². The quantitative estimate of drug-likeness (QED) is 0.703. The molecule has 0 bridgehead atoms. The molecule has 0 aromatic carbocycles. The zero-order chi connectivity index (χ0) is 13.3. The highest BCUT2D eigenvalue weighted by Gasteiger charge is 2.32. The van der Waals surface area contributed by atoms with Crippen molar-refractivity contribution in [3.8, 4) is 0 Å². The second-order valence-corrected chi connectivity index (χ2v) is 10.7. The Hall–Kier alpha value is -0.543. The zero-order valence-electron chi connectivity index (χ0n) is 12.3. The minimum absolute atomic E-state index is 0.134. The van der Waals surface area contributed by atoms with E-state index >= 15 is 0 Å². The van der Waals surface area contributed by atoms with Gasteiger partial charge in [-0.05, 0) is 46.0 Å². The van der Waals surface area contributed by atoms with Gasteiger partial charge in [0.25, 0.3) is 0 Å². The van der Waals surface area contributed by atoms with Crippen LogP contribution in [0.15, 0.2) is 23.5 Å². The third-order valence-electron chi connectivity index (χ3n) is 3.27. The summed E-state index contributed by atoms with van der Waals surface area (Å²) < 4.78 is 11.7. The van der Waals surface area contributed by atoms with Crippen LogP contribution in [0.1, 0.15) is 27.2 Å². The number of allylic oxidation sites excluding steroid dienone is 3. The molecule has 0 fully saturated rings. The fourth-order valence-electron chi connectivity index (χ4n) is 1.90. The molecular weight excluding hydrogens is 228 g/mol. The van der Waals surface area contributed by atoms with Crippen molar-refractivity contribution >= 4 is 8.32 Å². The first-order valence-electron chi connectivity index (χ1n) is 6.28. The third kappa shape index (κ3) is 4.00. The highest BCUT2D eigenvalue weighted by atomic mass is 28.4. The molecule has 0 aromatic heterocycles. The van der Waals surface area contributed by atoms with Crippen LogP contribution in [0.2, 0.25) is 19.6 Å². The number of ether oxygens (including phenoxy) is 1. The average molecular weight is 254 g/mol. The Bertz CT molecular complexity index is 335. The van der Waals surface area contributed by atoms with Gasteiger partial charge < -0.3 is 9.16 Å². The van der Waals surface area contributed by atoms with Crippen LogP contribution in [-0.4, -0.2) is 21.0 Å². The summed E-state index contributed by atoms with van der Waals surface area (Å²) in [5.74, 6) is 1.55. The Morgan fingerprint density at radius 3 is 2.35 bits per heavy atom. The lowest BCUT2D eigenvalue weighted by Crippen LogP contribution is -2.35. The van der Waals surface area contributed by atoms with Crippen LogP contribution in [-0.2, 0) is 9.16 Å². The molecule has 17 heavy (non-hydrogen) atoms. The maximum absolute atomic E-state index is 6.17. The van der Waals surface area contributed by atoms with E-state index in [1.54, 1.807) is 7.11 Å². The fraction of sp³-hybridized carbons (Fsp3) is 0.714. The van der Waals surface area contributed by atoms with Crippen molar-refractivity contribution in [3.05, 3.63) is 23.5 Å². The molecule has 0 heterocycles. The summed E-state index contributed by atoms with van der Waals surface area (Å²) in [6.45, 7) is 13.1.